The number of benzene rings is 1. The molecule has 0 aliphatic heterocycles. The van der Waals surface area contributed by atoms with E-state index in [1.807, 2.05) is 0 Å². The van der Waals surface area contributed by atoms with Gasteiger partial charge < -0.3 is 5.32 Å². The maximum atomic E-state index is 12.0. The summed E-state index contributed by atoms with van der Waals surface area (Å²) < 4.78 is 45.7. The number of rotatable bonds is 7. The molecule has 0 atom stereocenters. The fourth-order valence-electron chi connectivity index (χ4n) is 1.59. The van der Waals surface area contributed by atoms with Gasteiger partial charge in [0.15, 0.2) is 9.84 Å². The summed E-state index contributed by atoms with van der Waals surface area (Å²) in [5.41, 5.74) is 0.402. The predicted molar refractivity (Wildman–Crippen MR) is 75.2 cm³/mol. The molecule has 0 saturated carbocycles. The van der Waals surface area contributed by atoms with Crippen molar-refractivity contribution in [1.29, 1.82) is 0 Å². The summed E-state index contributed by atoms with van der Waals surface area (Å²) in [6.45, 7) is 1.85. The van der Waals surface area contributed by atoms with Crippen molar-refractivity contribution in [2.75, 3.05) is 23.4 Å². The quantitative estimate of drug-likeness (QED) is 0.766. The van der Waals surface area contributed by atoms with Crippen molar-refractivity contribution >= 4 is 25.5 Å². The molecule has 0 amide bonds. The summed E-state index contributed by atoms with van der Waals surface area (Å²) in [6, 6.07) is 6.42. The van der Waals surface area contributed by atoms with E-state index in [9.17, 15) is 16.8 Å². The molecule has 0 aliphatic carbocycles. The van der Waals surface area contributed by atoms with Crippen LogP contribution >= 0.6 is 0 Å². The van der Waals surface area contributed by atoms with Crippen LogP contribution in [0.25, 0.3) is 0 Å². The molecule has 3 N–H and O–H groups in total. The molecule has 1 aromatic rings. The monoisotopic (exact) mass is 306 g/mol. The van der Waals surface area contributed by atoms with Crippen LogP contribution in [0, 0.1) is 0 Å². The smallest absolute Gasteiger partial charge is 0.210 e. The van der Waals surface area contributed by atoms with E-state index in [1.54, 1.807) is 25.1 Å². The third-order valence-corrected chi connectivity index (χ3v) is 5.14. The fraction of sp³-hybridized carbons (Fsp3) is 0.455. The molecule has 0 spiro atoms. The van der Waals surface area contributed by atoms with E-state index in [1.165, 1.54) is 6.07 Å². The summed E-state index contributed by atoms with van der Waals surface area (Å²) in [6.07, 6.45) is 0.522. The second-order valence-electron chi connectivity index (χ2n) is 4.11. The minimum atomic E-state index is -3.56. The first kappa shape index (κ1) is 15.9. The van der Waals surface area contributed by atoms with Crippen molar-refractivity contribution in [3.63, 3.8) is 0 Å². The molecule has 1 rings (SSSR count). The maximum Gasteiger partial charge on any atom is 0.210 e. The zero-order valence-corrected chi connectivity index (χ0v) is 12.3. The van der Waals surface area contributed by atoms with Crippen molar-refractivity contribution in [2.45, 2.75) is 18.2 Å². The molecule has 0 heterocycles. The Morgan fingerprint density at radius 3 is 2.32 bits per heavy atom. The van der Waals surface area contributed by atoms with Gasteiger partial charge >= 0.3 is 0 Å². The second-order valence-corrected chi connectivity index (χ2v) is 7.92. The minimum absolute atomic E-state index is 0.0564. The van der Waals surface area contributed by atoms with Crippen LogP contribution in [0.2, 0.25) is 0 Å². The zero-order chi connectivity index (χ0) is 14.5. The lowest BCUT2D eigenvalue weighted by atomic mass is 10.3. The van der Waals surface area contributed by atoms with Crippen LogP contribution in [0.15, 0.2) is 29.2 Å². The van der Waals surface area contributed by atoms with Crippen LogP contribution in [-0.2, 0) is 19.9 Å². The van der Waals surface area contributed by atoms with Crippen molar-refractivity contribution in [2.24, 2.45) is 5.14 Å². The van der Waals surface area contributed by atoms with Gasteiger partial charge in [-0.25, -0.2) is 22.0 Å². The lowest BCUT2D eigenvalue weighted by Crippen LogP contribution is -2.23. The first-order chi connectivity index (χ1) is 8.76. The van der Waals surface area contributed by atoms with Crippen LogP contribution in [0.1, 0.15) is 13.3 Å². The normalized spacial score (nSPS) is 12.3. The molecular weight excluding hydrogens is 288 g/mol. The van der Waals surface area contributed by atoms with Crippen LogP contribution in [-0.4, -0.2) is 34.9 Å². The first-order valence-electron chi connectivity index (χ1n) is 5.82. The number of hydrogen-bond donors (Lipinski definition) is 2. The molecule has 8 heteroatoms. The summed E-state index contributed by atoms with van der Waals surface area (Å²) in [4.78, 5) is 0.186. The van der Waals surface area contributed by atoms with Gasteiger partial charge in [-0.2, -0.15) is 0 Å². The Labute approximate surface area is 114 Å². The lowest BCUT2D eigenvalue weighted by Gasteiger charge is -2.11. The van der Waals surface area contributed by atoms with E-state index in [0.717, 1.165) is 0 Å². The summed E-state index contributed by atoms with van der Waals surface area (Å²) in [7, 11) is -6.91. The standard InChI is InChI=1S/C11H18N2O4S2/c1-2-8-18(14,15)11-6-4-3-5-10(11)13-7-9-19(12,16)17/h3-6,13H,2,7-9H2,1H3,(H2,12,16,17). The van der Waals surface area contributed by atoms with E-state index >= 15 is 0 Å². The van der Waals surface area contributed by atoms with Crippen molar-refractivity contribution in [3.8, 4) is 0 Å². The molecule has 19 heavy (non-hydrogen) atoms. The summed E-state index contributed by atoms with van der Waals surface area (Å²) >= 11 is 0. The molecule has 0 saturated heterocycles. The highest BCUT2D eigenvalue weighted by Gasteiger charge is 2.17. The van der Waals surface area contributed by atoms with E-state index in [2.05, 4.69) is 5.32 Å². The number of anilines is 1. The number of primary sulfonamides is 1. The molecule has 0 bridgehead atoms. The van der Waals surface area contributed by atoms with Crippen molar-refractivity contribution < 1.29 is 16.8 Å². The van der Waals surface area contributed by atoms with E-state index in [-0.39, 0.29) is 22.9 Å². The average Bonchev–Trinajstić information content (AvgIpc) is 2.27. The third kappa shape index (κ3) is 5.17. The highest BCUT2D eigenvalue weighted by atomic mass is 32.2. The Balaban J connectivity index is 2.91. The number of sulfonamides is 1. The largest absolute Gasteiger partial charge is 0.383 e. The van der Waals surface area contributed by atoms with Crippen LogP contribution in [0.5, 0.6) is 0 Å². The van der Waals surface area contributed by atoms with Gasteiger partial charge in [-0.3, -0.25) is 0 Å². The van der Waals surface area contributed by atoms with Crippen LogP contribution < -0.4 is 10.5 Å². The number of nitrogens with one attached hydrogen (secondary N) is 1. The molecule has 0 fully saturated rings. The molecule has 108 valence electrons. The second kappa shape index (κ2) is 6.36. The Kier molecular flexibility index (Phi) is 5.33. The van der Waals surface area contributed by atoms with Gasteiger partial charge in [0.25, 0.3) is 0 Å². The van der Waals surface area contributed by atoms with E-state index in [4.69, 9.17) is 5.14 Å². The SMILES string of the molecule is CCCS(=O)(=O)c1ccccc1NCCS(N)(=O)=O. The van der Waals surface area contributed by atoms with Gasteiger partial charge in [-0.05, 0) is 18.6 Å². The third-order valence-electron chi connectivity index (χ3n) is 2.40. The Morgan fingerprint density at radius 1 is 1.11 bits per heavy atom. The van der Waals surface area contributed by atoms with Crippen LogP contribution in [0.4, 0.5) is 5.69 Å². The summed E-state index contributed by atoms with van der Waals surface area (Å²) in [5.74, 6) is -0.198. The minimum Gasteiger partial charge on any atom is -0.383 e. The van der Waals surface area contributed by atoms with Gasteiger partial charge in [0.2, 0.25) is 10.0 Å². The molecule has 0 aromatic heterocycles. The molecule has 0 unspecified atom stereocenters. The highest BCUT2D eigenvalue weighted by molar-refractivity contribution is 7.91. The zero-order valence-electron chi connectivity index (χ0n) is 10.7. The van der Waals surface area contributed by atoms with Gasteiger partial charge in [0, 0.05) is 6.54 Å². The van der Waals surface area contributed by atoms with Crippen molar-refractivity contribution in [3.05, 3.63) is 24.3 Å². The number of sulfone groups is 1. The first-order valence-corrected chi connectivity index (χ1v) is 9.19. The number of para-hydroxylation sites is 1. The van der Waals surface area contributed by atoms with Crippen LogP contribution in [0.3, 0.4) is 0 Å². The molecule has 0 radical (unpaired) electrons. The lowest BCUT2D eigenvalue weighted by molar-refractivity contribution is 0.595. The average molecular weight is 306 g/mol. The highest BCUT2D eigenvalue weighted by Crippen LogP contribution is 2.22. The maximum absolute atomic E-state index is 12.0. The van der Waals surface area contributed by atoms with Gasteiger partial charge in [0.1, 0.15) is 0 Å². The Bertz CT molecular complexity index is 624. The summed E-state index contributed by atoms with van der Waals surface area (Å²) in [5, 5.41) is 7.68. The number of nitrogens with two attached hydrogens (primary N) is 1. The molecule has 6 nitrogen and oxygen atoms in total. The van der Waals surface area contributed by atoms with Crippen molar-refractivity contribution in [1.82, 2.24) is 0 Å². The number of hydrogen-bond acceptors (Lipinski definition) is 5. The molecular formula is C11H18N2O4S2. The van der Waals surface area contributed by atoms with E-state index in [0.29, 0.717) is 12.1 Å². The fourth-order valence-corrected chi connectivity index (χ4v) is 3.50. The Hall–Kier alpha value is -1.12. The van der Waals surface area contributed by atoms with E-state index < -0.39 is 19.9 Å². The topological polar surface area (TPSA) is 106 Å². The predicted octanol–water partition coefficient (Wildman–Crippen LogP) is 0.571. The van der Waals surface area contributed by atoms with Gasteiger partial charge in [0.05, 0.1) is 22.1 Å². The Morgan fingerprint density at radius 2 is 1.74 bits per heavy atom. The molecule has 1 aromatic carbocycles. The van der Waals surface area contributed by atoms with Gasteiger partial charge in [-0.15, -0.1) is 0 Å². The molecule has 0 aliphatic rings. The van der Waals surface area contributed by atoms with Gasteiger partial charge in [-0.1, -0.05) is 19.1 Å².